The van der Waals surface area contributed by atoms with Crippen LogP contribution in [0.3, 0.4) is 0 Å². The Balaban J connectivity index is 2.15. The van der Waals surface area contributed by atoms with Crippen molar-refractivity contribution in [3.63, 3.8) is 0 Å². The van der Waals surface area contributed by atoms with Crippen LogP contribution in [0, 0.1) is 5.41 Å². The highest BCUT2D eigenvalue weighted by Gasteiger charge is 2.56. The van der Waals surface area contributed by atoms with Crippen molar-refractivity contribution in [1.82, 2.24) is 10.6 Å². The van der Waals surface area contributed by atoms with Gasteiger partial charge in [0.1, 0.15) is 0 Å². The van der Waals surface area contributed by atoms with Gasteiger partial charge in [-0.1, -0.05) is 0 Å². The van der Waals surface area contributed by atoms with Crippen LogP contribution in [0.1, 0.15) is 19.3 Å². The number of nitrogens with one attached hydrogen (secondary N) is 2. The molecule has 2 fully saturated rings. The maximum atomic E-state index is 11.4. The van der Waals surface area contributed by atoms with Crippen molar-refractivity contribution in [3.05, 3.63) is 0 Å². The monoisotopic (exact) mass is 154 g/mol. The third-order valence-electron chi connectivity index (χ3n) is 2.97. The average molecular weight is 154 g/mol. The molecule has 3 nitrogen and oxygen atoms in total. The standard InChI is InChI=1S/C8H14N2O/c1-9-6-2-5-10-7(11)8(6)3-4-8/h6,9H,2-5H2,1H3,(H,10,11). The van der Waals surface area contributed by atoms with Crippen LogP contribution in [0.4, 0.5) is 0 Å². The van der Waals surface area contributed by atoms with Gasteiger partial charge in [0.15, 0.2) is 0 Å². The van der Waals surface area contributed by atoms with Crippen molar-refractivity contribution in [1.29, 1.82) is 0 Å². The second kappa shape index (κ2) is 2.21. The summed E-state index contributed by atoms with van der Waals surface area (Å²) in [4.78, 5) is 11.4. The molecule has 2 rings (SSSR count). The SMILES string of the molecule is CNC1CCNC(=O)C12CC2. The van der Waals surface area contributed by atoms with Gasteiger partial charge in [-0.05, 0) is 26.3 Å². The molecule has 62 valence electrons. The Bertz CT molecular complexity index is 187. The molecule has 1 aliphatic carbocycles. The maximum Gasteiger partial charge on any atom is 0.227 e. The summed E-state index contributed by atoms with van der Waals surface area (Å²) in [6.07, 6.45) is 3.23. The maximum absolute atomic E-state index is 11.4. The van der Waals surface area contributed by atoms with E-state index in [-0.39, 0.29) is 11.3 Å². The van der Waals surface area contributed by atoms with Gasteiger partial charge >= 0.3 is 0 Å². The first-order valence-corrected chi connectivity index (χ1v) is 4.25. The van der Waals surface area contributed by atoms with Crippen molar-refractivity contribution >= 4 is 5.91 Å². The molecule has 0 bridgehead atoms. The van der Waals surface area contributed by atoms with E-state index in [2.05, 4.69) is 10.6 Å². The first kappa shape index (κ1) is 7.10. The Morgan fingerprint density at radius 3 is 2.82 bits per heavy atom. The highest BCUT2D eigenvalue weighted by molar-refractivity contribution is 5.87. The highest BCUT2D eigenvalue weighted by Crippen LogP contribution is 2.50. The molecule has 1 amide bonds. The van der Waals surface area contributed by atoms with Crippen LogP contribution in [0.2, 0.25) is 0 Å². The van der Waals surface area contributed by atoms with Gasteiger partial charge < -0.3 is 10.6 Å². The second-order valence-corrected chi connectivity index (χ2v) is 3.54. The third-order valence-corrected chi connectivity index (χ3v) is 2.97. The predicted molar refractivity (Wildman–Crippen MR) is 42.1 cm³/mol. The summed E-state index contributed by atoms with van der Waals surface area (Å²) in [5, 5.41) is 6.15. The van der Waals surface area contributed by atoms with Crippen LogP contribution in [0.15, 0.2) is 0 Å². The van der Waals surface area contributed by atoms with Crippen LogP contribution in [0.25, 0.3) is 0 Å². The lowest BCUT2D eigenvalue weighted by Gasteiger charge is -2.30. The normalized spacial score (nSPS) is 33.5. The zero-order valence-corrected chi connectivity index (χ0v) is 6.81. The highest BCUT2D eigenvalue weighted by atomic mass is 16.2. The van der Waals surface area contributed by atoms with E-state index in [1.807, 2.05) is 7.05 Å². The molecular weight excluding hydrogens is 140 g/mol. The van der Waals surface area contributed by atoms with E-state index in [0.29, 0.717) is 6.04 Å². The van der Waals surface area contributed by atoms with E-state index < -0.39 is 0 Å². The van der Waals surface area contributed by atoms with E-state index in [4.69, 9.17) is 0 Å². The van der Waals surface area contributed by atoms with Crippen molar-refractivity contribution in [2.75, 3.05) is 13.6 Å². The molecule has 1 saturated heterocycles. The number of amides is 1. The number of piperidine rings is 1. The minimum Gasteiger partial charge on any atom is -0.356 e. The summed E-state index contributed by atoms with van der Waals surface area (Å²) in [6.45, 7) is 0.839. The van der Waals surface area contributed by atoms with E-state index in [0.717, 1.165) is 25.8 Å². The van der Waals surface area contributed by atoms with Crippen LogP contribution in [0.5, 0.6) is 0 Å². The number of carbonyl (C=O) groups is 1. The fourth-order valence-corrected chi connectivity index (χ4v) is 2.07. The van der Waals surface area contributed by atoms with Crippen LogP contribution < -0.4 is 10.6 Å². The van der Waals surface area contributed by atoms with Crippen LogP contribution >= 0.6 is 0 Å². The smallest absolute Gasteiger partial charge is 0.227 e. The Morgan fingerprint density at radius 2 is 2.36 bits per heavy atom. The lowest BCUT2D eigenvalue weighted by atomic mass is 9.89. The zero-order chi connectivity index (χ0) is 7.90. The summed E-state index contributed by atoms with van der Waals surface area (Å²) in [5.74, 6) is 0.267. The molecule has 2 N–H and O–H groups in total. The number of carbonyl (C=O) groups excluding carboxylic acids is 1. The first-order chi connectivity index (χ1) is 5.29. The number of hydrogen-bond donors (Lipinski definition) is 2. The van der Waals surface area contributed by atoms with Crippen LogP contribution in [-0.4, -0.2) is 25.5 Å². The molecule has 0 aromatic rings. The molecule has 0 aromatic carbocycles. The van der Waals surface area contributed by atoms with Gasteiger partial charge in [0.05, 0.1) is 5.41 Å². The van der Waals surface area contributed by atoms with Gasteiger partial charge in [-0.25, -0.2) is 0 Å². The Morgan fingerprint density at radius 1 is 1.64 bits per heavy atom. The average Bonchev–Trinajstić information content (AvgIpc) is 2.77. The third kappa shape index (κ3) is 0.872. The quantitative estimate of drug-likeness (QED) is 0.552. The fraction of sp³-hybridized carbons (Fsp3) is 0.875. The molecule has 1 atom stereocenters. The topological polar surface area (TPSA) is 41.1 Å². The molecule has 11 heavy (non-hydrogen) atoms. The summed E-state index contributed by atoms with van der Waals surface area (Å²) in [7, 11) is 1.95. The van der Waals surface area contributed by atoms with Crippen molar-refractivity contribution in [2.24, 2.45) is 5.41 Å². The molecule has 0 radical (unpaired) electrons. The Labute approximate surface area is 66.5 Å². The van der Waals surface area contributed by atoms with Crippen LogP contribution in [-0.2, 0) is 4.79 Å². The summed E-state index contributed by atoms with van der Waals surface area (Å²) >= 11 is 0. The molecule has 1 spiro atoms. The predicted octanol–water partition coefficient (Wildman–Crippen LogP) is -0.126. The van der Waals surface area contributed by atoms with E-state index in [1.54, 1.807) is 0 Å². The molecule has 1 aliphatic heterocycles. The van der Waals surface area contributed by atoms with Gasteiger partial charge in [-0.3, -0.25) is 4.79 Å². The molecule has 1 heterocycles. The minimum atomic E-state index is -0.00694. The minimum absolute atomic E-state index is 0.00694. The lowest BCUT2D eigenvalue weighted by Crippen LogP contribution is -2.51. The first-order valence-electron chi connectivity index (χ1n) is 4.25. The van der Waals surface area contributed by atoms with Gasteiger partial charge in [0.25, 0.3) is 0 Å². The molecule has 2 aliphatic rings. The largest absolute Gasteiger partial charge is 0.356 e. The number of hydrogen-bond acceptors (Lipinski definition) is 2. The lowest BCUT2D eigenvalue weighted by molar-refractivity contribution is -0.129. The second-order valence-electron chi connectivity index (χ2n) is 3.54. The van der Waals surface area contributed by atoms with Crippen molar-refractivity contribution < 1.29 is 4.79 Å². The molecule has 3 heteroatoms. The fourth-order valence-electron chi connectivity index (χ4n) is 2.07. The summed E-state index contributed by atoms with van der Waals surface area (Å²) in [5.41, 5.74) is -0.00694. The zero-order valence-electron chi connectivity index (χ0n) is 6.81. The van der Waals surface area contributed by atoms with Crippen molar-refractivity contribution in [3.8, 4) is 0 Å². The Hall–Kier alpha value is -0.570. The Kier molecular flexibility index (Phi) is 1.42. The van der Waals surface area contributed by atoms with E-state index >= 15 is 0 Å². The summed E-state index contributed by atoms with van der Waals surface area (Å²) in [6, 6.07) is 0.427. The molecular formula is C8H14N2O. The van der Waals surface area contributed by atoms with Gasteiger partial charge in [0, 0.05) is 12.6 Å². The summed E-state index contributed by atoms with van der Waals surface area (Å²) < 4.78 is 0. The van der Waals surface area contributed by atoms with Crippen molar-refractivity contribution in [2.45, 2.75) is 25.3 Å². The van der Waals surface area contributed by atoms with Gasteiger partial charge in [0.2, 0.25) is 5.91 Å². The number of rotatable bonds is 1. The molecule has 0 aromatic heterocycles. The van der Waals surface area contributed by atoms with Gasteiger partial charge in [-0.15, -0.1) is 0 Å². The van der Waals surface area contributed by atoms with E-state index in [9.17, 15) is 4.79 Å². The molecule has 1 unspecified atom stereocenters. The van der Waals surface area contributed by atoms with Gasteiger partial charge in [-0.2, -0.15) is 0 Å². The van der Waals surface area contributed by atoms with E-state index in [1.165, 1.54) is 0 Å². The molecule has 1 saturated carbocycles.